The van der Waals surface area contributed by atoms with Gasteiger partial charge in [-0.25, -0.2) is 14.4 Å². The first-order valence-electron chi connectivity index (χ1n) is 10.3. The van der Waals surface area contributed by atoms with Crippen LogP contribution in [0.25, 0.3) is 11.1 Å². The molecule has 0 radical (unpaired) electrons. The van der Waals surface area contributed by atoms with E-state index < -0.39 is 5.54 Å². The number of rotatable bonds is 4. The molecule has 2 aromatic carbocycles. The Morgan fingerprint density at radius 1 is 1.13 bits per heavy atom. The van der Waals surface area contributed by atoms with Gasteiger partial charge in [0.05, 0.1) is 5.54 Å². The molecule has 0 saturated carbocycles. The monoisotopic (exact) mass is 423 g/mol. The summed E-state index contributed by atoms with van der Waals surface area (Å²) in [5, 5.41) is 10.5. The van der Waals surface area contributed by atoms with E-state index in [0.29, 0.717) is 16.5 Å². The van der Waals surface area contributed by atoms with Gasteiger partial charge in [0.15, 0.2) is 0 Å². The normalized spacial score (nSPS) is 25.5. The van der Waals surface area contributed by atoms with Crippen LogP contribution in [-0.4, -0.2) is 27.7 Å². The van der Waals surface area contributed by atoms with Crippen LogP contribution in [0.1, 0.15) is 31.2 Å². The molecule has 3 aromatic rings. The number of aliphatic hydroxyl groups is 1. The van der Waals surface area contributed by atoms with E-state index >= 15 is 4.39 Å². The molecule has 0 amide bonds. The lowest BCUT2D eigenvalue weighted by molar-refractivity contribution is 0.156. The van der Waals surface area contributed by atoms with E-state index in [0.717, 1.165) is 36.8 Å². The lowest BCUT2D eigenvalue weighted by Crippen LogP contribution is -2.52. The van der Waals surface area contributed by atoms with E-state index in [1.54, 1.807) is 36.7 Å². The van der Waals surface area contributed by atoms with Crippen LogP contribution in [0.2, 0.25) is 5.02 Å². The Kier molecular flexibility index (Phi) is 4.95. The highest BCUT2D eigenvalue weighted by atomic mass is 35.5. The average molecular weight is 424 g/mol. The fourth-order valence-corrected chi connectivity index (χ4v) is 5.57. The minimum Gasteiger partial charge on any atom is -0.396 e. The Morgan fingerprint density at radius 3 is 2.70 bits per heavy atom. The molecule has 3 atom stereocenters. The van der Waals surface area contributed by atoms with Gasteiger partial charge in [-0.15, -0.1) is 0 Å². The van der Waals surface area contributed by atoms with Crippen molar-refractivity contribution in [3.05, 3.63) is 77.3 Å². The van der Waals surface area contributed by atoms with Crippen LogP contribution in [0.3, 0.4) is 0 Å². The van der Waals surface area contributed by atoms with E-state index in [4.69, 9.17) is 11.6 Å². The fraction of sp³-hybridized carbons (Fsp3) is 0.333. The summed E-state index contributed by atoms with van der Waals surface area (Å²) in [6, 6.07) is 14.8. The SMILES string of the molecule is OCC1CC2CCC(c3ccc(-c4cccc(Cl)c4)c(F)c3)(C1)N2c1ncccn1. The molecule has 3 heterocycles. The number of aromatic nitrogens is 2. The largest absolute Gasteiger partial charge is 0.396 e. The standard InChI is InChI=1S/C24H23ClFN3O/c25-19-4-1-3-17(12-19)21-6-5-18(13-22(21)26)24-8-7-20(11-16(14-24)15-30)29(24)23-27-9-2-10-28-23/h1-6,9-10,12-13,16,20,30H,7-8,11,14-15H2. The zero-order valence-corrected chi connectivity index (χ0v) is 17.3. The first kappa shape index (κ1) is 19.5. The molecule has 1 aromatic heterocycles. The molecular formula is C24H23ClFN3O. The zero-order valence-electron chi connectivity index (χ0n) is 16.5. The number of hydrogen-bond acceptors (Lipinski definition) is 4. The molecule has 6 heteroatoms. The maximum absolute atomic E-state index is 15.3. The Balaban J connectivity index is 1.60. The molecule has 2 aliphatic heterocycles. The lowest BCUT2D eigenvalue weighted by atomic mass is 9.76. The maximum Gasteiger partial charge on any atom is 0.226 e. The maximum atomic E-state index is 15.3. The number of halogens is 2. The van der Waals surface area contributed by atoms with Crippen LogP contribution in [0, 0.1) is 11.7 Å². The van der Waals surface area contributed by atoms with Gasteiger partial charge in [-0.3, -0.25) is 0 Å². The van der Waals surface area contributed by atoms with Gasteiger partial charge in [0.1, 0.15) is 5.82 Å². The predicted octanol–water partition coefficient (Wildman–Crippen LogP) is 5.20. The van der Waals surface area contributed by atoms with Crippen molar-refractivity contribution in [2.24, 2.45) is 5.92 Å². The number of benzene rings is 2. The summed E-state index contributed by atoms with van der Waals surface area (Å²) in [6.45, 7) is 0.144. The molecule has 30 heavy (non-hydrogen) atoms. The molecule has 0 spiro atoms. The van der Waals surface area contributed by atoms with Crippen molar-refractivity contribution in [2.75, 3.05) is 11.5 Å². The second-order valence-electron chi connectivity index (χ2n) is 8.34. The molecule has 4 nitrogen and oxygen atoms in total. The summed E-state index contributed by atoms with van der Waals surface area (Å²) in [5.41, 5.74) is 1.79. The third-order valence-electron chi connectivity index (χ3n) is 6.62. The van der Waals surface area contributed by atoms with E-state index in [2.05, 4.69) is 14.9 Å². The first-order chi connectivity index (χ1) is 14.6. The smallest absolute Gasteiger partial charge is 0.226 e. The van der Waals surface area contributed by atoms with Gasteiger partial charge in [0.25, 0.3) is 0 Å². The molecule has 3 unspecified atom stereocenters. The van der Waals surface area contributed by atoms with Crippen LogP contribution >= 0.6 is 11.6 Å². The first-order valence-corrected chi connectivity index (χ1v) is 10.7. The van der Waals surface area contributed by atoms with Crippen LogP contribution in [0.4, 0.5) is 10.3 Å². The quantitative estimate of drug-likeness (QED) is 0.626. The molecule has 0 aliphatic carbocycles. The van der Waals surface area contributed by atoms with Gasteiger partial charge >= 0.3 is 0 Å². The Hall–Kier alpha value is -2.50. The number of fused-ring (bicyclic) bond motifs is 2. The van der Waals surface area contributed by atoms with Crippen molar-refractivity contribution in [2.45, 2.75) is 37.3 Å². The summed E-state index contributed by atoms with van der Waals surface area (Å²) >= 11 is 6.10. The number of hydrogen-bond donors (Lipinski definition) is 1. The van der Waals surface area contributed by atoms with Crippen LogP contribution in [0.5, 0.6) is 0 Å². The van der Waals surface area contributed by atoms with E-state index in [9.17, 15) is 5.11 Å². The number of nitrogens with zero attached hydrogens (tertiary/aromatic N) is 3. The molecule has 2 saturated heterocycles. The summed E-state index contributed by atoms with van der Waals surface area (Å²) in [5.74, 6) is 0.594. The molecular weight excluding hydrogens is 401 g/mol. The third-order valence-corrected chi connectivity index (χ3v) is 6.85. The minimum absolute atomic E-state index is 0.144. The van der Waals surface area contributed by atoms with Crippen LogP contribution in [0.15, 0.2) is 60.9 Å². The second-order valence-corrected chi connectivity index (χ2v) is 8.77. The summed E-state index contributed by atoms with van der Waals surface area (Å²) in [4.78, 5) is 11.3. The van der Waals surface area contributed by atoms with Gasteiger partial charge < -0.3 is 10.0 Å². The number of piperidine rings is 1. The Labute approximate surface area is 180 Å². The number of anilines is 1. The highest BCUT2D eigenvalue weighted by Crippen LogP contribution is 2.53. The minimum atomic E-state index is -0.411. The van der Waals surface area contributed by atoms with Gasteiger partial charge in [-0.1, -0.05) is 35.9 Å². The number of aliphatic hydroxyl groups excluding tert-OH is 1. The lowest BCUT2D eigenvalue weighted by Gasteiger charge is -2.48. The van der Waals surface area contributed by atoms with Crippen LogP contribution < -0.4 is 4.90 Å². The highest BCUT2D eigenvalue weighted by Gasteiger charge is 2.53. The van der Waals surface area contributed by atoms with Gasteiger partial charge in [0.2, 0.25) is 5.95 Å². The topological polar surface area (TPSA) is 49.2 Å². The van der Waals surface area contributed by atoms with Crippen LogP contribution in [-0.2, 0) is 5.54 Å². The fourth-order valence-electron chi connectivity index (χ4n) is 5.38. The highest BCUT2D eigenvalue weighted by molar-refractivity contribution is 6.30. The molecule has 2 bridgehead atoms. The van der Waals surface area contributed by atoms with Crippen molar-refractivity contribution in [3.63, 3.8) is 0 Å². The molecule has 2 fully saturated rings. The van der Waals surface area contributed by atoms with E-state index in [-0.39, 0.29) is 24.4 Å². The molecule has 2 aliphatic rings. The summed E-state index contributed by atoms with van der Waals surface area (Å²) in [6.07, 6.45) is 7.02. The molecule has 5 rings (SSSR count). The van der Waals surface area contributed by atoms with Crippen molar-refractivity contribution in [1.82, 2.24) is 9.97 Å². The summed E-state index contributed by atoms with van der Waals surface area (Å²) in [7, 11) is 0. The Morgan fingerprint density at radius 2 is 1.97 bits per heavy atom. The predicted molar refractivity (Wildman–Crippen MR) is 116 cm³/mol. The van der Waals surface area contributed by atoms with Gasteiger partial charge in [0, 0.05) is 35.6 Å². The van der Waals surface area contributed by atoms with Gasteiger partial charge in [-0.2, -0.15) is 0 Å². The zero-order chi connectivity index (χ0) is 20.7. The second kappa shape index (κ2) is 7.64. The van der Waals surface area contributed by atoms with E-state index in [1.807, 2.05) is 24.3 Å². The average Bonchev–Trinajstić information content (AvgIpc) is 3.01. The van der Waals surface area contributed by atoms with Gasteiger partial charge in [-0.05, 0) is 67.0 Å². The van der Waals surface area contributed by atoms with Crippen molar-refractivity contribution < 1.29 is 9.50 Å². The third kappa shape index (κ3) is 3.17. The van der Waals surface area contributed by atoms with Crippen molar-refractivity contribution in [1.29, 1.82) is 0 Å². The van der Waals surface area contributed by atoms with Crippen molar-refractivity contribution in [3.8, 4) is 11.1 Å². The Bertz CT molecular complexity index is 1060. The summed E-state index contributed by atoms with van der Waals surface area (Å²) < 4.78 is 15.3. The van der Waals surface area contributed by atoms with Crippen molar-refractivity contribution >= 4 is 17.5 Å². The van der Waals surface area contributed by atoms with E-state index in [1.165, 1.54) is 0 Å². The molecule has 154 valence electrons. The molecule has 1 N–H and O–H groups in total.